The van der Waals surface area contributed by atoms with E-state index < -0.39 is 5.97 Å². The standard InChI is InChI=1S/C8H14O2/c1-3-6-5-8(6,4-2)7(9)10/h6H,3-5H2,1-2H3,(H,9,10)/t6-,8-/m1/s1. The quantitative estimate of drug-likeness (QED) is 0.653. The van der Waals surface area contributed by atoms with Crippen LogP contribution >= 0.6 is 0 Å². The topological polar surface area (TPSA) is 37.3 Å². The number of aliphatic carboxylic acids is 1. The van der Waals surface area contributed by atoms with Crippen LogP contribution in [0.4, 0.5) is 0 Å². The third-order valence-corrected chi connectivity index (χ3v) is 2.78. The fourth-order valence-corrected chi connectivity index (χ4v) is 1.76. The summed E-state index contributed by atoms with van der Waals surface area (Å²) in [6.45, 7) is 4.02. The Morgan fingerprint density at radius 3 is 2.40 bits per heavy atom. The summed E-state index contributed by atoms with van der Waals surface area (Å²) in [4.78, 5) is 10.7. The predicted octanol–water partition coefficient (Wildman–Crippen LogP) is 1.90. The van der Waals surface area contributed by atoms with Crippen LogP contribution in [0, 0.1) is 11.3 Å². The predicted molar refractivity (Wildman–Crippen MR) is 38.8 cm³/mol. The largest absolute Gasteiger partial charge is 0.481 e. The molecule has 0 bridgehead atoms. The molecule has 0 unspecified atom stereocenters. The Morgan fingerprint density at radius 2 is 2.30 bits per heavy atom. The second kappa shape index (κ2) is 2.26. The van der Waals surface area contributed by atoms with Crippen LogP contribution in [0.5, 0.6) is 0 Å². The third kappa shape index (κ3) is 0.825. The van der Waals surface area contributed by atoms with E-state index in [9.17, 15) is 4.79 Å². The van der Waals surface area contributed by atoms with Crippen LogP contribution in [0.1, 0.15) is 33.1 Å². The Hall–Kier alpha value is -0.530. The first-order valence-corrected chi connectivity index (χ1v) is 3.90. The van der Waals surface area contributed by atoms with Crippen molar-refractivity contribution in [2.24, 2.45) is 11.3 Å². The van der Waals surface area contributed by atoms with E-state index in [0.717, 1.165) is 19.3 Å². The molecule has 0 amide bonds. The third-order valence-electron chi connectivity index (χ3n) is 2.78. The number of hydrogen-bond acceptors (Lipinski definition) is 1. The van der Waals surface area contributed by atoms with Gasteiger partial charge in [-0.25, -0.2) is 0 Å². The van der Waals surface area contributed by atoms with Gasteiger partial charge in [0, 0.05) is 0 Å². The van der Waals surface area contributed by atoms with Crippen molar-refractivity contribution in [1.82, 2.24) is 0 Å². The van der Waals surface area contributed by atoms with E-state index in [1.165, 1.54) is 0 Å². The zero-order chi connectivity index (χ0) is 7.78. The van der Waals surface area contributed by atoms with E-state index >= 15 is 0 Å². The van der Waals surface area contributed by atoms with Gasteiger partial charge in [-0.3, -0.25) is 4.79 Å². The lowest BCUT2D eigenvalue weighted by Gasteiger charge is -2.06. The fraction of sp³-hybridized carbons (Fsp3) is 0.875. The number of hydrogen-bond donors (Lipinski definition) is 1. The molecule has 0 saturated heterocycles. The van der Waals surface area contributed by atoms with Gasteiger partial charge in [0.2, 0.25) is 0 Å². The van der Waals surface area contributed by atoms with Gasteiger partial charge in [-0.1, -0.05) is 20.3 Å². The monoisotopic (exact) mass is 142 g/mol. The molecule has 10 heavy (non-hydrogen) atoms. The highest BCUT2D eigenvalue weighted by molar-refractivity contribution is 5.78. The molecule has 2 nitrogen and oxygen atoms in total. The van der Waals surface area contributed by atoms with E-state index in [0.29, 0.717) is 5.92 Å². The van der Waals surface area contributed by atoms with Crippen molar-refractivity contribution >= 4 is 5.97 Å². The van der Waals surface area contributed by atoms with Crippen molar-refractivity contribution in [1.29, 1.82) is 0 Å². The molecular weight excluding hydrogens is 128 g/mol. The summed E-state index contributed by atoms with van der Waals surface area (Å²) in [5.41, 5.74) is -0.325. The molecule has 0 aromatic rings. The molecule has 0 heterocycles. The normalized spacial score (nSPS) is 37.6. The Kier molecular flexibility index (Phi) is 1.71. The maximum Gasteiger partial charge on any atom is 0.309 e. The summed E-state index contributed by atoms with van der Waals surface area (Å²) in [7, 11) is 0. The highest BCUT2D eigenvalue weighted by atomic mass is 16.4. The molecule has 1 fully saturated rings. The molecule has 1 saturated carbocycles. The fourth-order valence-electron chi connectivity index (χ4n) is 1.76. The van der Waals surface area contributed by atoms with Gasteiger partial charge in [-0.05, 0) is 18.8 Å². The van der Waals surface area contributed by atoms with Crippen molar-refractivity contribution in [2.45, 2.75) is 33.1 Å². The molecule has 2 heteroatoms. The lowest BCUT2D eigenvalue weighted by molar-refractivity contribution is -0.144. The van der Waals surface area contributed by atoms with Gasteiger partial charge in [0.05, 0.1) is 5.41 Å². The van der Waals surface area contributed by atoms with E-state index in [2.05, 4.69) is 6.92 Å². The van der Waals surface area contributed by atoms with E-state index in [-0.39, 0.29) is 5.41 Å². The van der Waals surface area contributed by atoms with Crippen LogP contribution < -0.4 is 0 Å². The van der Waals surface area contributed by atoms with E-state index in [1.807, 2.05) is 6.92 Å². The van der Waals surface area contributed by atoms with Gasteiger partial charge in [0.15, 0.2) is 0 Å². The van der Waals surface area contributed by atoms with Gasteiger partial charge in [0.1, 0.15) is 0 Å². The van der Waals surface area contributed by atoms with Gasteiger partial charge in [0.25, 0.3) is 0 Å². The Morgan fingerprint density at radius 1 is 1.70 bits per heavy atom. The average molecular weight is 142 g/mol. The van der Waals surface area contributed by atoms with Gasteiger partial charge in [-0.2, -0.15) is 0 Å². The van der Waals surface area contributed by atoms with Crippen molar-refractivity contribution in [2.75, 3.05) is 0 Å². The summed E-state index contributed by atoms with van der Waals surface area (Å²) >= 11 is 0. The Labute approximate surface area is 61.2 Å². The van der Waals surface area contributed by atoms with Crippen LogP contribution in [-0.4, -0.2) is 11.1 Å². The molecule has 0 aliphatic heterocycles. The second-order valence-corrected chi connectivity index (χ2v) is 3.12. The summed E-state index contributed by atoms with van der Waals surface area (Å²) in [6.07, 6.45) is 2.70. The minimum absolute atomic E-state index is 0.325. The highest BCUT2D eigenvalue weighted by Crippen LogP contribution is 2.56. The van der Waals surface area contributed by atoms with Gasteiger partial charge >= 0.3 is 5.97 Å². The minimum atomic E-state index is -0.596. The maximum absolute atomic E-state index is 10.7. The van der Waals surface area contributed by atoms with Crippen molar-refractivity contribution in [3.63, 3.8) is 0 Å². The lowest BCUT2D eigenvalue weighted by Crippen LogP contribution is -2.15. The van der Waals surface area contributed by atoms with Gasteiger partial charge < -0.3 is 5.11 Å². The molecule has 1 N–H and O–H groups in total. The summed E-state index contributed by atoms with van der Waals surface area (Å²) in [6, 6.07) is 0. The van der Waals surface area contributed by atoms with Crippen LogP contribution in [0.25, 0.3) is 0 Å². The molecule has 0 radical (unpaired) electrons. The first kappa shape index (κ1) is 7.58. The second-order valence-electron chi connectivity index (χ2n) is 3.12. The van der Waals surface area contributed by atoms with Crippen LogP contribution in [0.3, 0.4) is 0 Å². The molecule has 0 spiro atoms. The van der Waals surface area contributed by atoms with Crippen LogP contribution in [0.2, 0.25) is 0 Å². The zero-order valence-corrected chi connectivity index (χ0v) is 6.55. The maximum atomic E-state index is 10.7. The highest BCUT2D eigenvalue weighted by Gasteiger charge is 2.57. The first-order valence-electron chi connectivity index (χ1n) is 3.90. The van der Waals surface area contributed by atoms with Crippen LogP contribution in [-0.2, 0) is 4.79 Å². The summed E-state index contributed by atoms with van der Waals surface area (Å²) in [5.74, 6) is -0.142. The molecule has 0 aromatic heterocycles. The molecule has 1 aliphatic rings. The van der Waals surface area contributed by atoms with Crippen molar-refractivity contribution in [3.8, 4) is 0 Å². The molecular formula is C8H14O2. The van der Waals surface area contributed by atoms with E-state index in [1.54, 1.807) is 0 Å². The minimum Gasteiger partial charge on any atom is -0.481 e. The lowest BCUT2D eigenvalue weighted by atomic mass is 10.00. The van der Waals surface area contributed by atoms with Crippen molar-refractivity contribution in [3.05, 3.63) is 0 Å². The number of carboxylic acid groups (broad SMARTS) is 1. The molecule has 58 valence electrons. The van der Waals surface area contributed by atoms with E-state index in [4.69, 9.17) is 5.11 Å². The zero-order valence-electron chi connectivity index (χ0n) is 6.55. The average Bonchev–Trinajstić information content (AvgIpc) is 2.62. The Bertz CT molecular complexity index is 153. The SMILES string of the molecule is CC[C@@H]1C[C@@]1(CC)C(=O)O. The number of rotatable bonds is 3. The van der Waals surface area contributed by atoms with Crippen molar-refractivity contribution < 1.29 is 9.90 Å². The Balaban J connectivity index is 2.59. The number of carboxylic acids is 1. The summed E-state index contributed by atoms with van der Waals surface area (Å²) < 4.78 is 0. The van der Waals surface area contributed by atoms with Crippen LogP contribution in [0.15, 0.2) is 0 Å². The molecule has 2 atom stereocenters. The smallest absolute Gasteiger partial charge is 0.309 e. The summed E-state index contributed by atoms with van der Waals surface area (Å²) in [5, 5.41) is 8.81. The molecule has 1 rings (SSSR count). The molecule has 0 aromatic carbocycles. The first-order chi connectivity index (χ1) is 4.67. The molecule has 1 aliphatic carbocycles. The van der Waals surface area contributed by atoms with Gasteiger partial charge in [-0.15, -0.1) is 0 Å². The number of carbonyl (C=O) groups is 1.